The van der Waals surface area contributed by atoms with E-state index in [4.69, 9.17) is 5.11 Å². The number of carbonyl (C=O) groups excluding carboxylic acids is 1. The van der Waals surface area contributed by atoms with E-state index in [0.29, 0.717) is 18.5 Å². The van der Waals surface area contributed by atoms with Crippen LogP contribution in [0.2, 0.25) is 0 Å². The van der Waals surface area contributed by atoms with Gasteiger partial charge in [0.15, 0.2) is 0 Å². The lowest BCUT2D eigenvalue weighted by atomic mass is 10.2. The second kappa shape index (κ2) is 7.78. The van der Waals surface area contributed by atoms with Crippen molar-refractivity contribution in [2.75, 3.05) is 13.6 Å². The molecule has 0 unspecified atom stereocenters. The summed E-state index contributed by atoms with van der Waals surface area (Å²) in [5.41, 5.74) is 0.664. The van der Waals surface area contributed by atoms with E-state index < -0.39 is 10.9 Å². The fraction of sp³-hybridized carbons (Fsp3) is 0.286. The molecule has 0 radical (unpaired) electrons. The lowest BCUT2D eigenvalue weighted by Crippen LogP contribution is -2.26. The molecule has 0 fully saturated rings. The van der Waals surface area contributed by atoms with Crippen molar-refractivity contribution in [3.05, 3.63) is 46.0 Å². The summed E-state index contributed by atoms with van der Waals surface area (Å²) < 4.78 is 0. The van der Waals surface area contributed by atoms with Crippen molar-refractivity contribution in [1.82, 2.24) is 4.90 Å². The van der Waals surface area contributed by atoms with Crippen molar-refractivity contribution < 1.29 is 19.6 Å². The molecule has 1 aromatic carbocycles. The summed E-state index contributed by atoms with van der Waals surface area (Å²) in [5, 5.41) is 19.0. The summed E-state index contributed by atoms with van der Waals surface area (Å²) >= 11 is 0. The number of carbonyl (C=O) groups is 2. The molecule has 0 heterocycles. The Balaban J connectivity index is 2.52. The number of non-ortho nitro benzene ring substituents is 1. The molecule has 0 aliphatic heterocycles. The van der Waals surface area contributed by atoms with Crippen LogP contribution in [0, 0.1) is 10.1 Å². The van der Waals surface area contributed by atoms with Crippen molar-refractivity contribution in [2.24, 2.45) is 0 Å². The molecule has 21 heavy (non-hydrogen) atoms. The van der Waals surface area contributed by atoms with Crippen molar-refractivity contribution in [3.63, 3.8) is 0 Å². The van der Waals surface area contributed by atoms with Gasteiger partial charge in [-0.3, -0.25) is 19.7 Å². The van der Waals surface area contributed by atoms with Crippen LogP contribution in [0.1, 0.15) is 18.4 Å². The van der Waals surface area contributed by atoms with Crippen LogP contribution in [0.25, 0.3) is 6.08 Å². The quantitative estimate of drug-likeness (QED) is 0.470. The van der Waals surface area contributed by atoms with Gasteiger partial charge < -0.3 is 10.0 Å². The normalized spacial score (nSPS) is 10.5. The maximum Gasteiger partial charge on any atom is 0.303 e. The van der Waals surface area contributed by atoms with Gasteiger partial charge in [-0.2, -0.15) is 0 Å². The van der Waals surface area contributed by atoms with Crippen LogP contribution in [0.3, 0.4) is 0 Å². The summed E-state index contributed by atoms with van der Waals surface area (Å²) in [7, 11) is 1.59. The molecule has 1 rings (SSSR count). The van der Waals surface area contributed by atoms with Gasteiger partial charge in [0, 0.05) is 38.2 Å². The number of nitro benzene ring substituents is 1. The third kappa shape index (κ3) is 5.85. The minimum atomic E-state index is -0.891. The number of amides is 1. The van der Waals surface area contributed by atoms with Crippen LogP contribution in [-0.2, 0) is 9.59 Å². The SMILES string of the molecule is CN(CCCC(=O)O)C(=O)/C=C/c1ccc([N+](=O)[O-])cc1. The number of likely N-dealkylation sites (N-methyl/N-ethyl adjacent to an activating group) is 1. The van der Waals surface area contributed by atoms with E-state index in [2.05, 4.69) is 0 Å². The van der Waals surface area contributed by atoms with E-state index in [1.54, 1.807) is 25.3 Å². The first-order valence-corrected chi connectivity index (χ1v) is 6.29. The van der Waals surface area contributed by atoms with Gasteiger partial charge in [0.05, 0.1) is 4.92 Å². The molecule has 0 aromatic heterocycles. The number of rotatable bonds is 7. The number of nitro groups is 1. The topological polar surface area (TPSA) is 101 Å². The first kappa shape index (κ1) is 16.4. The molecule has 0 saturated carbocycles. The molecule has 1 amide bonds. The number of nitrogens with zero attached hydrogens (tertiary/aromatic N) is 2. The Kier molecular flexibility index (Phi) is 6.06. The molecule has 112 valence electrons. The molecule has 0 atom stereocenters. The molecule has 1 N–H and O–H groups in total. The third-order valence-corrected chi connectivity index (χ3v) is 2.78. The van der Waals surface area contributed by atoms with Gasteiger partial charge in [-0.05, 0) is 30.2 Å². The minimum Gasteiger partial charge on any atom is -0.481 e. The Bertz CT molecular complexity index is 551. The Morgan fingerprint density at radius 1 is 1.33 bits per heavy atom. The van der Waals surface area contributed by atoms with Gasteiger partial charge in [-0.25, -0.2) is 0 Å². The van der Waals surface area contributed by atoms with Crippen LogP contribution < -0.4 is 0 Å². The number of hydrogen-bond acceptors (Lipinski definition) is 4. The predicted octanol–water partition coefficient (Wildman–Crippen LogP) is 1.93. The average Bonchev–Trinajstić information content (AvgIpc) is 2.44. The Morgan fingerprint density at radius 3 is 2.48 bits per heavy atom. The monoisotopic (exact) mass is 292 g/mol. The molecule has 7 heteroatoms. The molecule has 7 nitrogen and oxygen atoms in total. The van der Waals surface area contributed by atoms with Gasteiger partial charge >= 0.3 is 5.97 Å². The van der Waals surface area contributed by atoms with E-state index >= 15 is 0 Å². The number of benzene rings is 1. The zero-order valence-corrected chi connectivity index (χ0v) is 11.6. The zero-order chi connectivity index (χ0) is 15.8. The van der Waals surface area contributed by atoms with Gasteiger partial charge in [-0.1, -0.05) is 0 Å². The lowest BCUT2D eigenvalue weighted by molar-refractivity contribution is -0.384. The van der Waals surface area contributed by atoms with Crippen LogP contribution in [0.15, 0.2) is 30.3 Å². The summed E-state index contributed by atoms with van der Waals surface area (Å²) in [6, 6.07) is 5.82. The highest BCUT2D eigenvalue weighted by atomic mass is 16.6. The second-order valence-corrected chi connectivity index (χ2v) is 4.44. The molecule has 0 bridgehead atoms. The molecule has 0 aliphatic carbocycles. The Labute approximate surface area is 121 Å². The van der Waals surface area contributed by atoms with E-state index in [1.807, 2.05) is 0 Å². The van der Waals surface area contributed by atoms with E-state index in [-0.39, 0.29) is 18.0 Å². The number of hydrogen-bond donors (Lipinski definition) is 1. The summed E-state index contributed by atoms with van der Waals surface area (Å²) in [4.78, 5) is 33.6. The number of aliphatic carboxylic acids is 1. The van der Waals surface area contributed by atoms with Crippen molar-refractivity contribution >= 4 is 23.6 Å². The van der Waals surface area contributed by atoms with Crippen LogP contribution >= 0.6 is 0 Å². The Hall–Kier alpha value is -2.70. The molecule has 0 spiro atoms. The van der Waals surface area contributed by atoms with Gasteiger partial charge in [-0.15, -0.1) is 0 Å². The summed E-state index contributed by atoms with van der Waals surface area (Å²) in [6.45, 7) is 0.357. The predicted molar refractivity (Wildman–Crippen MR) is 76.6 cm³/mol. The molecule has 1 aromatic rings. The van der Waals surface area contributed by atoms with E-state index in [0.717, 1.165) is 0 Å². The zero-order valence-electron chi connectivity index (χ0n) is 11.6. The minimum absolute atomic E-state index is 0.00994. The third-order valence-electron chi connectivity index (χ3n) is 2.78. The first-order chi connectivity index (χ1) is 9.90. The Morgan fingerprint density at radius 2 is 1.95 bits per heavy atom. The lowest BCUT2D eigenvalue weighted by Gasteiger charge is -2.13. The van der Waals surface area contributed by atoms with Crippen molar-refractivity contribution in [1.29, 1.82) is 0 Å². The molecule has 0 saturated heterocycles. The fourth-order valence-electron chi connectivity index (χ4n) is 1.58. The van der Waals surface area contributed by atoms with E-state index in [9.17, 15) is 19.7 Å². The highest BCUT2D eigenvalue weighted by Crippen LogP contribution is 2.12. The van der Waals surface area contributed by atoms with Gasteiger partial charge in [0.1, 0.15) is 0 Å². The van der Waals surface area contributed by atoms with Gasteiger partial charge in [0.2, 0.25) is 5.91 Å². The maximum atomic E-state index is 11.8. The second-order valence-electron chi connectivity index (χ2n) is 4.44. The summed E-state index contributed by atoms with van der Waals surface area (Å²) in [6.07, 6.45) is 3.31. The fourth-order valence-corrected chi connectivity index (χ4v) is 1.58. The average molecular weight is 292 g/mol. The largest absolute Gasteiger partial charge is 0.481 e. The van der Waals surface area contributed by atoms with Gasteiger partial charge in [0.25, 0.3) is 5.69 Å². The first-order valence-electron chi connectivity index (χ1n) is 6.29. The summed E-state index contributed by atoms with van der Waals surface area (Å²) in [5.74, 6) is -1.14. The molecule has 0 aliphatic rings. The highest BCUT2D eigenvalue weighted by Gasteiger charge is 2.06. The highest BCUT2D eigenvalue weighted by molar-refractivity contribution is 5.91. The van der Waals surface area contributed by atoms with Crippen molar-refractivity contribution in [3.8, 4) is 0 Å². The van der Waals surface area contributed by atoms with Crippen LogP contribution in [0.4, 0.5) is 5.69 Å². The number of carboxylic acid groups (broad SMARTS) is 1. The molecular formula is C14H16N2O5. The smallest absolute Gasteiger partial charge is 0.303 e. The van der Waals surface area contributed by atoms with Crippen LogP contribution in [-0.4, -0.2) is 40.4 Å². The molecular weight excluding hydrogens is 276 g/mol. The van der Waals surface area contributed by atoms with Crippen LogP contribution in [0.5, 0.6) is 0 Å². The standard InChI is InChI=1S/C14H16N2O5/c1-15(10-2-3-14(18)19)13(17)9-6-11-4-7-12(8-5-11)16(20)21/h4-9H,2-3,10H2,1H3,(H,18,19)/b9-6+. The maximum absolute atomic E-state index is 11.8. The van der Waals surface area contributed by atoms with Crippen molar-refractivity contribution in [2.45, 2.75) is 12.8 Å². The number of carboxylic acids is 1. The van der Waals surface area contributed by atoms with E-state index in [1.165, 1.54) is 23.1 Å².